The van der Waals surface area contributed by atoms with E-state index in [9.17, 15) is 10.1 Å². The van der Waals surface area contributed by atoms with Crippen LogP contribution >= 0.6 is 0 Å². The molecule has 0 spiro atoms. The monoisotopic (exact) mass is 317 g/mol. The summed E-state index contributed by atoms with van der Waals surface area (Å²) in [6.07, 6.45) is 14.6. The summed E-state index contributed by atoms with van der Waals surface area (Å²) in [5.74, 6) is 6.74. The summed E-state index contributed by atoms with van der Waals surface area (Å²) < 4.78 is 0. The van der Waals surface area contributed by atoms with E-state index in [0.29, 0.717) is 5.92 Å². The number of nitrogens with zero attached hydrogens (tertiary/aromatic N) is 1. The third kappa shape index (κ3) is 2.07. The maximum atomic E-state index is 11.6. The van der Waals surface area contributed by atoms with Crippen LogP contribution in [-0.2, 0) is 0 Å². The Morgan fingerprint density at radius 3 is 1.78 bits per heavy atom. The van der Waals surface area contributed by atoms with Crippen molar-refractivity contribution in [1.29, 1.82) is 0 Å². The molecular weight excluding hydrogens is 286 g/mol. The van der Waals surface area contributed by atoms with Gasteiger partial charge in [0.15, 0.2) is 0 Å². The summed E-state index contributed by atoms with van der Waals surface area (Å²) in [5, 5.41) is 11.6. The van der Waals surface area contributed by atoms with Gasteiger partial charge in [-0.05, 0) is 73.5 Å². The Morgan fingerprint density at radius 2 is 1.13 bits per heavy atom. The molecule has 0 N–H and O–H groups in total. The number of rotatable bonds is 1. The van der Waals surface area contributed by atoms with Gasteiger partial charge in [0, 0.05) is 17.3 Å². The Bertz CT molecular complexity index is 472. The maximum Gasteiger partial charge on any atom is 0.216 e. The molecule has 0 radical (unpaired) electrons. The molecule has 128 valence electrons. The first-order chi connectivity index (χ1) is 11.3. The summed E-state index contributed by atoms with van der Waals surface area (Å²) in [6.45, 7) is 0. The molecule has 0 aliphatic heterocycles. The Balaban J connectivity index is 1.53. The van der Waals surface area contributed by atoms with Gasteiger partial charge in [-0.15, -0.1) is 0 Å². The Hall–Kier alpha value is -0.600. The SMILES string of the molecule is O=[N+]([O-])C1CCC2C3CCCC4CCCC(C5CCCC1C52)C43. The number of nitro groups is 1. The van der Waals surface area contributed by atoms with E-state index in [4.69, 9.17) is 0 Å². The third-order valence-corrected chi connectivity index (χ3v) is 8.98. The molecule has 0 aromatic carbocycles. The van der Waals surface area contributed by atoms with Crippen molar-refractivity contribution in [3.05, 3.63) is 10.1 Å². The molecule has 5 aliphatic rings. The molecule has 0 aromatic rings. The van der Waals surface area contributed by atoms with Gasteiger partial charge in [-0.2, -0.15) is 0 Å². The molecule has 5 aliphatic carbocycles. The molecule has 0 amide bonds. The molecular formula is C20H31NO2. The fraction of sp³-hybridized carbons (Fsp3) is 1.00. The predicted octanol–water partition coefficient (Wildman–Crippen LogP) is 4.92. The van der Waals surface area contributed by atoms with E-state index >= 15 is 0 Å². The lowest BCUT2D eigenvalue weighted by Crippen LogP contribution is -2.58. The molecule has 0 saturated heterocycles. The second-order valence-corrected chi connectivity index (χ2v) is 9.46. The van der Waals surface area contributed by atoms with Crippen LogP contribution in [0.4, 0.5) is 0 Å². The summed E-state index contributed by atoms with van der Waals surface area (Å²) in [7, 11) is 0. The van der Waals surface area contributed by atoms with Crippen LogP contribution in [0, 0.1) is 57.5 Å². The third-order valence-electron chi connectivity index (χ3n) is 8.98. The van der Waals surface area contributed by atoms with Crippen LogP contribution in [0.3, 0.4) is 0 Å². The lowest BCUT2D eigenvalue weighted by Gasteiger charge is -2.62. The highest BCUT2D eigenvalue weighted by Crippen LogP contribution is 2.64. The molecule has 23 heavy (non-hydrogen) atoms. The molecule has 0 aromatic heterocycles. The first-order valence-corrected chi connectivity index (χ1v) is 10.4. The minimum Gasteiger partial charge on any atom is -0.264 e. The fourth-order valence-electron chi connectivity index (χ4n) is 8.57. The van der Waals surface area contributed by atoms with Gasteiger partial charge in [0.05, 0.1) is 0 Å². The van der Waals surface area contributed by atoms with Crippen LogP contribution < -0.4 is 0 Å². The average Bonchev–Trinajstić information content (AvgIpc) is 2.58. The van der Waals surface area contributed by atoms with Gasteiger partial charge in [-0.25, -0.2) is 0 Å². The highest BCUT2D eigenvalue weighted by molar-refractivity contribution is 5.07. The Morgan fingerprint density at radius 1 is 0.609 bits per heavy atom. The van der Waals surface area contributed by atoms with Crippen molar-refractivity contribution in [2.75, 3.05) is 0 Å². The summed E-state index contributed by atoms with van der Waals surface area (Å²) in [5.41, 5.74) is 0. The van der Waals surface area contributed by atoms with Gasteiger partial charge in [0.25, 0.3) is 0 Å². The molecule has 9 atom stereocenters. The van der Waals surface area contributed by atoms with Crippen molar-refractivity contribution < 1.29 is 4.92 Å². The molecule has 3 nitrogen and oxygen atoms in total. The molecule has 5 saturated carbocycles. The first kappa shape index (κ1) is 14.7. The zero-order chi connectivity index (χ0) is 15.6. The van der Waals surface area contributed by atoms with Crippen molar-refractivity contribution in [2.24, 2.45) is 47.3 Å². The molecule has 0 heterocycles. The highest BCUT2D eigenvalue weighted by atomic mass is 16.6. The molecule has 5 fully saturated rings. The second-order valence-electron chi connectivity index (χ2n) is 9.46. The standard InChI is InChI=1S/C20H31NO2/c22-21(23)18-11-10-16-14-7-2-5-12-4-1-6-13(19(12)14)15-8-3-9-17(18)20(15)16/h12-20H,1-11H2. The number of hydrogen-bond donors (Lipinski definition) is 0. The minimum atomic E-state index is -0.210. The van der Waals surface area contributed by atoms with Gasteiger partial charge >= 0.3 is 0 Å². The van der Waals surface area contributed by atoms with Crippen molar-refractivity contribution in [3.8, 4) is 0 Å². The van der Waals surface area contributed by atoms with E-state index in [2.05, 4.69) is 0 Å². The zero-order valence-electron chi connectivity index (χ0n) is 14.2. The largest absolute Gasteiger partial charge is 0.264 e. The molecule has 5 rings (SSSR count). The van der Waals surface area contributed by atoms with Gasteiger partial charge in [-0.1, -0.05) is 32.1 Å². The van der Waals surface area contributed by atoms with Crippen LogP contribution in [0.5, 0.6) is 0 Å². The van der Waals surface area contributed by atoms with Gasteiger partial charge in [0.2, 0.25) is 6.04 Å². The van der Waals surface area contributed by atoms with Crippen LogP contribution in [0.2, 0.25) is 0 Å². The summed E-state index contributed by atoms with van der Waals surface area (Å²) in [4.78, 5) is 11.7. The quantitative estimate of drug-likeness (QED) is 0.509. The van der Waals surface area contributed by atoms with Crippen LogP contribution in [-0.4, -0.2) is 11.0 Å². The lowest BCUT2D eigenvalue weighted by atomic mass is 9.42. The predicted molar refractivity (Wildman–Crippen MR) is 89.5 cm³/mol. The van der Waals surface area contributed by atoms with Crippen LogP contribution in [0.15, 0.2) is 0 Å². The van der Waals surface area contributed by atoms with E-state index in [1.54, 1.807) is 0 Å². The Kier molecular flexibility index (Phi) is 3.49. The Labute approximate surface area is 139 Å². The maximum absolute atomic E-state index is 11.6. The summed E-state index contributed by atoms with van der Waals surface area (Å²) in [6, 6.07) is -0.210. The van der Waals surface area contributed by atoms with Gasteiger partial charge < -0.3 is 0 Å². The van der Waals surface area contributed by atoms with Crippen molar-refractivity contribution in [2.45, 2.75) is 76.7 Å². The van der Waals surface area contributed by atoms with E-state index in [1.165, 1.54) is 57.8 Å². The molecule has 9 unspecified atom stereocenters. The molecule has 3 heteroatoms. The highest BCUT2D eigenvalue weighted by Gasteiger charge is 2.60. The smallest absolute Gasteiger partial charge is 0.216 e. The minimum absolute atomic E-state index is 0.0971. The van der Waals surface area contributed by atoms with Crippen molar-refractivity contribution in [3.63, 3.8) is 0 Å². The number of fused-ring (bicyclic) bond motifs is 2. The second kappa shape index (κ2) is 5.46. The lowest BCUT2D eigenvalue weighted by molar-refractivity contribution is -0.542. The van der Waals surface area contributed by atoms with E-state index in [-0.39, 0.29) is 11.0 Å². The van der Waals surface area contributed by atoms with E-state index < -0.39 is 0 Å². The van der Waals surface area contributed by atoms with Gasteiger partial charge in [-0.3, -0.25) is 10.1 Å². The number of hydrogen-bond acceptors (Lipinski definition) is 2. The van der Waals surface area contributed by atoms with E-state index in [1.807, 2.05) is 0 Å². The van der Waals surface area contributed by atoms with Crippen molar-refractivity contribution in [1.82, 2.24) is 0 Å². The van der Waals surface area contributed by atoms with Crippen molar-refractivity contribution >= 4 is 0 Å². The normalized spacial score (nSPS) is 54.7. The van der Waals surface area contributed by atoms with E-state index in [0.717, 1.165) is 54.3 Å². The zero-order valence-corrected chi connectivity index (χ0v) is 14.2. The van der Waals surface area contributed by atoms with Crippen LogP contribution in [0.1, 0.15) is 70.6 Å². The average molecular weight is 317 g/mol. The van der Waals surface area contributed by atoms with Gasteiger partial charge in [0.1, 0.15) is 0 Å². The summed E-state index contributed by atoms with van der Waals surface area (Å²) >= 11 is 0. The molecule has 0 bridgehead atoms. The van der Waals surface area contributed by atoms with Crippen LogP contribution in [0.25, 0.3) is 0 Å². The fourth-order valence-corrected chi connectivity index (χ4v) is 8.57. The first-order valence-electron chi connectivity index (χ1n) is 10.4. The topological polar surface area (TPSA) is 43.1 Å².